The molecule has 0 fully saturated rings. The molecule has 0 spiro atoms. The number of halogens is 1. The number of carboxylic acids is 1. The monoisotopic (exact) mass is 343 g/mol. The van der Waals surface area contributed by atoms with Crippen molar-refractivity contribution >= 4 is 45.0 Å². The highest BCUT2D eigenvalue weighted by molar-refractivity contribution is 9.10. The van der Waals surface area contributed by atoms with E-state index in [0.717, 1.165) is 21.3 Å². The van der Waals surface area contributed by atoms with E-state index in [1.807, 2.05) is 18.4 Å². The minimum absolute atomic E-state index is 0.287. The first-order valence-corrected chi connectivity index (χ1v) is 7.79. The molecule has 2 rings (SSSR count). The van der Waals surface area contributed by atoms with E-state index in [0.29, 0.717) is 4.47 Å². The van der Waals surface area contributed by atoms with E-state index in [2.05, 4.69) is 20.9 Å². The van der Waals surface area contributed by atoms with Crippen molar-refractivity contribution in [2.45, 2.75) is 17.6 Å². The average molecular weight is 344 g/mol. The molecule has 0 aliphatic rings. The molecule has 1 aromatic carbocycles. The van der Waals surface area contributed by atoms with Gasteiger partial charge < -0.3 is 5.11 Å². The number of rotatable bonds is 4. The average Bonchev–Trinajstić information content (AvgIpc) is 2.74. The zero-order chi connectivity index (χ0) is 13.1. The number of aryl methyl sites for hydroxylation is 1. The summed E-state index contributed by atoms with van der Waals surface area (Å²) in [5.41, 5.74) is 1.31. The Morgan fingerprint density at radius 2 is 2.33 bits per heavy atom. The summed E-state index contributed by atoms with van der Waals surface area (Å²) in [4.78, 5) is 16.3. The molecule has 3 nitrogen and oxygen atoms in total. The zero-order valence-electron chi connectivity index (χ0n) is 9.51. The molecule has 0 bridgehead atoms. The van der Waals surface area contributed by atoms with Crippen molar-refractivity contribution in [3.8, 4) is 0 Å². The van der Waals surface area contributed by atoms with Crippen LogP contribution in [0, 0.1) is 6.92 Å². The van der Waals surface area contributed by atoms with Crippen LogP contribution in [-0.4, -0.2) is 16.1 Å². The fourth-order valence-electron chi connectivity index (χ4n) is 1.37. The Morgan fingerprint density at radius 3 is 2.94 bits per heavy atom. The fourth-order valence-corrected chi connectivity index (χ4v) is 3.51. The van der Waals surface area contributed by atoms with Crippen molar-refractivity contribution in [2.75, 3.05) is 0 Å². The lowest BCUT2D eigenvalue weighted by molar-refractivity contribution is 0.0695. The first-order valence-electron chi connectivity index (χ1n) is 5.13. The van der Waals surface area contributed by atoms with E-state index >= 15 is 0 Å². The highest BCUT2D eigenvalue weighted by Crippen LogP contribution is 2.28. The number of carboxylic acid groups (broad SMARTS) is 1. The van der Waals surface area contributed by atoms with Crippen LogP contribution < -0.4 is 0 Å². The van der Waals surface area contributed by atoms with Gasteiger partial charge in [0.05, 0.1) is 11.3 Å². The van der Waals surface area contributed by atoms with Crippen LogP contribution in [0.2, 0.25) is 0 Å². The summed E-state index contributed by atoms with van der Waals surface area (Å²) < 4.78 is 0.601. The number of carbonyl (C=O) groups is 1. The van der Waals surface area contributed by atoms with Crippen molar-refractivity contribution in [1.82, 2.24) is 4.98 Å². The van der Waals surface area contributed by atoms with E-state index in [4.69, 9.17) is 5.11 Å². The van der Waals surface area contributed by atoms with Crippen LogP contribution in [0.25, 0.3) is 0 Å². The van der Waals surface area contributed by atoms with Gasteiger partial charge in [0.1, 0.15) is 5.01 Å². The van der Waals surface area contributed by atoms with Gasteiger partial charge >= 0.3 is 5.97 Å². The molecule has 0 saturated heterocycles. The minimum atomic E-state index is -0.922. The molecule has 0 aliphatic carbocycles. The summed E-state index contributed by atoms with van der Waals surface area (Å²) in [7, 11) is 0. The molecule has 0 atom stereocenters. The Balaban J connectivity index is 2.10. The minimum Gasteiger partial charge on any atom is -0.478 e. The fraction of sp³-hybridized carbons (Fsp3) is 0.167. The first kappa shape index (κ1) is 13.6. The van der Waals surface area contributed by atoms with Crippen molar-refractivity contribution < 1.29 is 9.90 Å². The molecule has 0 amide bonds. The van der Waals surface area contributed by atoms with Gasteiger partial charge in [-0.1, -0.05) is 0 Å². The highest BCUT2D eigenvalue weighted by atomic mass is 79.9. The second-order valence-corrected chi connectivity index (χ2v) is 6.46. The SMILES string of the molecule is Cc1csc(CSc2ccc(Br)c(C(=O)O)c2)n1. The normalized spacial score (nSPS) is 10.6. The molecule has 0 unspecified atom stereocenters. The van der Waals surface area contributed by atoms with Gasteiger partial charge in [0.15, 0.2) is 0 Å². The molecule has 0 saturated carbocycles. The zero-order valence-corrected chi connectivity index (χ0v) is 12.7. The third-order valence-corrected chi connectivity index (χ3v) is 5.04. The number of aromatic nitrogens is 1. The molecule has 94 valence electrons. The highest BCUT2D eigenvalue weighted by Gasteiger charge is 2.09. The van der Waals surface area contributed by atoms with Crippen molar-refractivity contribution in [3.63, 3.8) is 0 Å². The molecule has 2 aromatic rings. The third-order valence-electron chi connectivity index (χ3n) is 2.20. The van der Waals surface area contributed by atoms with Crippen molar-refractivity contribution in [1.29, 1.82) is 0 Å². The van der Waals surface area contributed by atoms with E-state index in [1.54, 1.807) is 35.2 Å². The molecule has 1 N–H and O–H groups in total. The van der Waals surface area contributed by atoms with E-state index in [-0.39, 0.29) is 5.56 Å². The number of hydrogen-bond acceptors (Lipinski definition) is 4. The quantitative estimate of drug-likeness (QED) is 0.845. The second-order valence-electron chi connectivity index (χ2n) is 3.62. The Hall–Kier alpha value is -0.850. The maximum Gasteiger partial charge on any atom is 0.336 e. The Kier molecular flexibility index (Phi) is 4.42. The smallest absolute Gasteiger partial charge is 0.336 e. The van der Waals surface area contributed by atoms with Gasteiger partial charge in [-0.05, 0) is 41.1 Å². The third kappa shape index (κ3) is 3.34. The lowest BCUT2D eigenvalue weighted by atomic mass is 10.2. The van der Waals surface area contributed by atoms with Crippen LogP contribution in [0.4, 0.5) is 0 Å². The molecule has 1 aromatic heterocycles. The molecule has 0 radical (unpaired) electrons. The first-order chi connectivity index (χ1) is 8.56. The van der Waals surface area contributed by atoms with E-state index < -0.39 is 5.97 Å². The number of nitrogens with zero attached hydrogens (tertiary/aromatic N) is 1. The largest absolute Gasteiger partial charge is 0.478 e. The number of thioether (sulfide) groups is 1. The van der Waals surface area contributed by atoms with Crippen LogP contribution in [0.15, 0.2) is 32.9 Å². The van der Waals surface area contributed by atoms with Crippen LogP contribution in [0.5, 0.6) is 0 Å². The van der Waals surface area contributed by atoms with Crippen LogP contribution in [-0.2, 0) is 5.75 Å². The van der Waals surface area contributed by atoms with Gasteiger partial charge in [0, 0.05) is 20.4 Å². The van der Waals surface area contributed by atoms with Gasteiger partial charge in [0.2, 0.25) is 0 Å². The summed E-state index contributed by atoms with van der Waals surface area (Å²) in [5, 5.41) is 12.1. The second kappa shape index (κ2) is 5.86. The van der Waals surface area contributed by atoms with Crippen LogP contribution >= 0.6 is 39.0 Å². The Bertz CT molecular complexity index is 583. The van der Waals surface area contributed by atoms with Gasteiger partial charge in [-0.3, -0.25) is 0 Å². The van der Waals surface area contributed by atoms with E-state index in [1.165, 1.54) is 0 Å². The van der Waals surface area contributed by atoms with Gasteiger partial charge in [-0.15, -0.1) is 23.1 Å². The topological polar surface area (TPSA) is 50.2 Å². The summed E-state index contributed by atoms with van der Waals surface area (Å²) in [5.74, 6) is -0.159. The summed E-state index contributed by atoms with van der Waals surface area (Å²) >= 11 is 6.45. The lowest BCUT2D eigenvalue weighted by Crippen LogP contribution is -1.97. The molecule has 6 heteroatoms. The molecular formula is C12H10BrNO2S2. The Labute approximate surface area is 121 Å². The number of aromatic carboxylic acids is 1. The standard InChI is InChI=1S/C12H10BrNO2S2/c1-7-5-18-11(14-7)6-17-8-2-3-10(13)9(4-8)12(15)16/h2-5H,6H2,1H3,(H,15,16). The van der Waals surface area contributed by atoms with Gasteiger partial charge in [-0.25, -0.2) is 9.78 Å². The van der Waals surface area contributed by atoms with E-state index in [9.17, 15) is 4.79 Å². The number of benzene rings is 1. The number of hydrogen-bond donors (Lipinski definition) is 1. The van der Waals surface area contributed by atoms with Gasteiger partial charge in [0.25, 0.3) is 0 Å². The predicted molar refractivity (Wildman–Crippen MR) is 77.5 cm³/mol. The maximum absolute atomic E-state index is 11.0. The Morgan fingerprint density at radius 1 is 1.56 bits per heavy atom. The molecule has 18 heavy (non-hydrogen) atoms. The van der Waals surface area contributed by atoms with Crippen LogP contribution in [0.1, 0.15) is 21.1 Å². The van der Waals surface area contributed by atoms with Crippen LogP contribution in [0.3, 0.4) is 0 Å². The molecule has 1 heterocycles. The van der Waals surface area contributed by atoms with Crippen molar-refractivity contribution in [3.05, 3.63) is 44.3 Å². The number of thiazole rings is 1. The summed E-state index contributed by atoms with van der Waals surface area (Å²) in [6.07, 6.45) is 0. The maximum atomic E-state index is 11.0. The summed E-state index contributed by atoms with van der Waals surface area (Å²) in [6.45, 7) is 1.97. The summed E-state index contributed by atoms with van der Waals surface area (Å²) in [6, 6.07) is 5.35. The van der Waals surface area contributed by atoms with Crippen molar-refractivity contribution in [2.24, 2.45) is 0 Å². The molecular weight excluding hydrogens is 334 g/mol. The van der Waals surface area contributed by atoms with Gasteiger partial charge in [-0.2, -0.15) is 0 Å². The lowest BCUT2D eigenvalue weighted by Gasteiger charge is -2.03. The predicted octanol–water partition coefficient (Wildman–Crippen LogP) is 4.20. The molecule has 0 aliphatic heterocycles.